The van der Waals surface area contributed by atoms with Crippen LogP contribution in [-0.2, 0) is 4.79 Å². The Labute approximate surface area is 126 Å². The second-order valence-electron chi connectivity index (χ2n) is 5.51. The summed E-state index contributed by atoms with van der Waals surface area (Å²) < 4.78 is 13.1. The summed E-state index contributed by atoms with van der Waals surface area (Å²) in [5, 5.41) is 14.8. The number of nitrogens with zero attached hydrogens (tertiary/aromatic N) is 1. The number of urea groups is 1. The molecule has 7 heteroatoms. The van der Waals surface area contributed by atoms with Gasteiger partial charge in [0.25, 0.3) is 5.91 Å². The van der Waals surface area contributed by atoms with Crippen molar-refractivity contribution in [3.05, 3.63) is 46.9 Å². The van der Waals surface area contributed by atoms with E-state index >= 15 is 0 Å². The summed E-state index contributed by atoms with van der Waals surface area (Å²) in [6.07, 6.45) is -0.654. The van der Waals surface area contributed by atoms with E-state index in [1.165, 1.54) is 17.0 Å². The van der Waals surface area contributed by atoms with Crippen molar-refractivity contribution in [3.8, 4) is 0 Å². The Bertz CT molecular complexity index is 655. The Morgan fingerprint density at radius 3 is 2.68 bits per heavy atom. The fourth-order valence-corrected chi connectivity index (χ4v) is 2.80. The van der Waals surface area contributed by atoms with Crippen LogP contribution in [0.2, 0.25) is 0 Å². The maximum absolute atomic E-state index is 13.1. The van der Waals surface area contributed by atoms with Gasteiger partial charge in [-0.3, -0.25) is 4.79 Å². The van der Waals surface area contributed by atoms with E-state index in [-0.39, 0.29) is 24.8 Å². The molecule has 0 saturated heterocycles. The Morgan fingerprint density at radius 1 is 1.36 bits per heavy atom. The minimum atomic E-state index is -0.654. The predicted molar refractivity (Wildman–Crippen MR) is 76.1 cm³/mol. The van der Waals surface area contributed by atoms with Crippen molar-refractivity contribution in [1.82, 2.24) is 15.5 Å². The largest absolute Gasteiger partial charge is 0.392 e. The number of hydrogen-bond donors (Lipinski definition) is 3. The van der Waals surface area contributed by atoms with Crippen molar-refractivity contribution in [1.29, 1.82) is 0 Å². The van der Waals surface area contributed by atoms with Crippen LogP contribution < -0.4 is 10.6 Å². The van der Waals surface area contributed by atoms with Crippen LogP contribution in [0.3, 0.4) is 0 Å². The number of nitrogens with one attached hydrogen (secondary N) is 2. The first kappa shape index (κ1) is 14.5. The second-order valence-corrected chi connectivity index (χ2v) is 5.51. The third-order valence-corrected chi connectivity index (χ3v) is 3.71. The van der Waals surface area contributed by atoms with E-state index in [9.17, 15) is 19.1 Å². The molecule has 0 fully saturated rings. The normalized spacial score (nSPS) is 22.3. The summed E-state index contributed by atoms with van der Waals surface area (Å²) in [4.78, 5) is 25.8. The van der Waals surface area contributed by atoms with Gasteiger partial charge in [0.05, 0.1) is 30.0 Å². The standard InChI is InChI=1S/C15H16FN3O3/c1-8(20)6-19-7-11-12(14(19)21)13(18-15(22)17-11)9-2-4-10(16)5-3-9/h2-5,8,13,20H,6-7H2,1H3,(H2,17,18,22). The first-order valence-electron chi connectivity index (χ1n) is 6.99. The van der Waals surface area contributed by atoms with Crippen molar-refractivity contribution >= 4 is 11.9 Å². The molecule has 116 valence electrons. The van der Waals surface area contributed by atoms with Gasteiger partial charge < -0.3 is 20.6 Å². The third kappa shape index (κ3) is 2.55. The number of aliphatic hydroxyl groups is 1. The van der Waals surface area contributed by atoms with Gasteiger partial charge in [-0.25, -0.2) is 9.18 Å². The lowest BCUT2D eigenvalue weighted by atomic mass is 9.96. The zero-order valence-corrected chi connectivity index (χ0v) is 12.0. The highest BCUT2D eigenvalue weighted by Crippen LogP contribution is 2.32. The quantitative estimate of drug-likeness (QED) is 0.767. The molecular formula is C15H16FN3O3. The fraction of sp³-hybridized carbons (Fsp3) is 0.333. The van der Waals surface area contributed by atoms with Gasteiger partial charge in [0, 0.05) is 6.54 Å². The average molecular weight is 305 g/mol. The van der Waals surface area contributed by atoms with E-state index in [0.29, 0.717) is 16.8 Å². The lowest BCUT2D eigenvalue weighted by Crippen LogP contribution is -2.44. The molecule has 3 N–H and O–H groups in total. The first-order chi connectivity index (χ1) is 10.5. The molecule has 22 heavy (non-hydrogen) atoms. The lowest BCUT2D eigenvalue weighted by Gasteiger charge is -2.25. The zero-order chi connectivity index (χ0) is 15.9. The summed E-state index contributed by atoms with van der Waals surface area (Å²) in [6, 6.07) is 4.64. The van der Waals surface area contributed by atoms with Crippen LogP contribution >= 0.6 is 0 Å². The molecule has 0 radical (unpaired) electrons. The Morgan fingerprint density at radius 2 is 2.05 bits per heavy atom. The number of rotatable bonds is 3. The second kappa shape index (κ2) is 5.42. The molecule has 2 aliphatic heterocycles. The smallest absolute Gasteiger partial charge is 0.319 e. The topological polar surface area (TPSA) is 81.7 Å². The van der Waals surface area contributed by atoms with Crippen molar-refractivity contribution in [2.24, 2.45) is 0 Å². The van der Waals surface area contributed by atoms with E-state index in [4.69, 9.17) is 0 Å². The maximum atomic E-state index is 13.1. The van der Waals surface area contributed by atoms with Gasteiger partial charge in [-0.05, 0) is 24.6 Å². The van der Waals surface area contributed by atoms with E-state index in [0.717, 1.165) is 0 Å². The van der Waals surface area contributed by atoms with Crippen LogP contribution in [0.1, 0.15) is 18.5 Å². The molecule has 2 heterocycles. The van der Waals surface area contributed by atoms with Crippen molar-refractivity contribution in [2.75, 3.05) is 13.1 Å². The van der Waals surface area contributed by atoms with Gasteiger partial charge >= 0.3 is 6.03 Å². The lowest BCUT2D eigenvalue weighted by molar-refractivity contribution is -0.126. The predicted octanol–water partition coefficient (Wildman–Crippen LogP) is 0.657. The van der Waals surface area contributed by atoms with Gasteiger partial charge in [-0.2, -0.15) is 0 Å². The monoisotopic (exact) mass is 305 g/mol. The molecule has 0 bridgehead atoms. The van der Waals surface area contributed by atoms with Crippen molar-refractivity contribution in [2.45, 2.75) is 19.1 Å². The van der Waals surface area contributed by atoms with Crippen molar-refractivity contribution in [3.63, 3.8) is 0 Å². The number of amides is 3. The van der Waals surface area contributed by atoms with Crippen LogP contribution in [0.5, 0.6) is 0 Å². The third-order valence-electron chi connectivity index (χ3n) is 3.71. The highest BCUT2D eigenvalue weighted by atomic mass is 19.1. The number of benzene rings is 1. The Balaban J connectivity index is 1.94. The summed E-state index contributed by atoms with van der Waals surface area (Å²) in [5.41, 5.74) is 1.60. The number of hydrogen-bond acceptors (Lipinski definition) is 3. The molecular weight excluding hydrogens is 289 g/mol. The minimum Gasteiger partial charge on any atom is -0.392 e. The Hall–Kier alpha value is -2.41. The highest BCUT2D eigenvalue weighted by molar-refractivity contribution is 6.01. The molecule has 3 amide bonds. The Kier molecular flexibility index (Phi) is 3.58. The molecule has 3 rings (SSSR count). The first-order valence-corrected chi connectivity index (χ1v) is 6.99. The number of aliphatic hydroxyl groups excluding tert-OH is 1. The van der Waals surface area contributed by atoms with Gasteiger partial charge in [0.1, 0.15) is 5.82 Å². The molecule has 2 aliphatic rings. The summed E-state index contributed by atoms with van der Waals surface area (Å²) in [6.45, 7) is 2.04. The van der Waals surface area contributed by atoms with E-state index < -0.39 is 18.2 Å². The fourth-order valence-electron chi connectivity index (χ4n) is 2.80. The molecule has 0 saturated carbocycles. The van der Waals surface area contributed by atoms with Crippen LogP contribution in [0.15, 0.2) is 35.5 Å². The molecule has 0 spiro atoms. The van der Waals surface area contributed by atoms with Gasteiger partial charge in [-0.15, -0.1) is 0 Å². The van der Waals surface area contributed by atoms with Crippen LogP contribution in [-0.4, -0.2) is 41.1 Å². The average Bonchev–Trinajstić information content (AvgIpc) is 2.74. The number of halogens is 1. The van der Waals surface area contributed by atoms with Gasteiger partial charge in [0.2, 0.25) is 0 Å². The van der Waals surface area contributed by atoms with Crippen molar-refractivity contribution < 1.29 is 19.1 Å². The molecule has 0 aromatic heterocycles. The summed E-state index contributed by atoms with van der Waals surface area (Å²) >= 11 is 0. The minimum absolute atomic E-state index is 0.192. The summed E-state index contributed by atoms with van der Waals surface area (Å²) in [5.74, 6) is -0.621. The molecule has 0 aliphatic carbocycles. The molecule has 1 aromatic carbocycles. The SMILES string of the molecule is CC(O)CN1CC2=C(C1=O)C(c1ccc(F)cc1)NC(=O)N2. The van der Waals surface area contributed by atoms with Crippen LogP contribution in [0.4, 0.5) is 9.18 Å². The van der Waals surface area contributed by atoms with Gasteiger partial charge in [-0.1, -0.05) is 12.1 Å². The maximum Gasteiger partial charge on any atom is 0.319 e. The van der Waals surface area contributed by atoms with Crippen LogP contribution in [0, 0.1) is 5.82 Å². The summed E-state index contributed by atoms with van der Waals surface area (Å²) in [7, 11) is 0. The van der Waals surface area contributed by atoms with Crippen LogP contribution in [0.25, 0.3) is 0 Å². The van der Waals surface area contributed by atoms with E-state index in [2.05, 4.69) is 10.6 Å². The van der Waals surface area contributed by atoms with E-state index in [1.807, 2.05) is 0 Å². The highest BCUT2D eigenvalue weighted by Gasteiger charge is 2.40. The number of carbonyl (C=O) groups excluding carboxylic acids is 2. The molecule has 6 nitrogen and oxygen atoms in total. The van der Waals surface area contributed by atoms with Gasteiger partial charge in [0.15, 0.2) is 0 Å². The molecule has 2 atom stereocenters. The molecule has 1 aromatic rings. The zero-order valence-electron chi connectivity index (χ0n) is 12.0. The number of β-amino-alcohol motifs (C(OH)–C–C–N with tert-alkyl or cyclic N) is 1. The number of carbonyl (C=O) groups is 2. The molecule has 2 unspecified atom stereocenters. The van der Waals surface area contributed by atoms with E-state index in [1.54, 1.807) is 19.1 Å².